The van der Waals surface area contributed by atoms with Gasteiger partial charge >= 0.3 is 0 Å². The van der Waals surface area contributed by atoms with Crippen LogP contribution >= 0.6 is 0 Å². The van der Waals surface area contributed by atoms with Crippen LogP contribution in [0.3, 0.4) is 0 Å². The zero-order chi connectivity index (χ0) is 20.8. The molecule has 0 saturated carbocycles. The fourth-order valence-electron chi connectivity index (χ4n) is 4.46. The summed E-state index contributed by atoms with van der Waals surface area (Å²) < 4.78 is 6.62. The van der Waals surface area contributed by atoms with Crippen molar-refractivity contribution in [2.45, 2.75) is 6.92 Å². The number of furan rings is 1. The first-order valence-electron chi connectivity index (χ1n) is 10.5. The number of hydrogen-bond donors (Lipinski definition) is 1. The highest BCUT2D eigenvalue weighted by Gasteiger charge is 2.18. The summed E-state index contributed by atoms with van der Waals surface area (Å²) in [5.74, 6) is 0. The summed E-state index contributed by atoms with van der Waals surface area (Å²) in [5, 5.41) is 8.28. The van der Waals surface area contributed by atoms with Gasteiger partial charge in [-0.05, 0) is 53.1 Å². The third kappa shape index (κ3) is 2.96. The minimum absolute atomic E-state index is 0.882. The van der Waals surface area contributed by atoms with E-state index >= 15 is 0 Å². The van der Waals surface area contributed by atoms with E-state index in [1.54, 1.807) is 0 Å². The quantitative estimate of drug-likeness (QED) is 0.323. The monoisotopic (exact) mass is 399 g/mol. The summed E-state index contributed by atoms with van der Waals surface area (Å²) >= 11 is 0. The molecule has 0 fully saturated rings. The molecule has 1 heterocycles. The number of benzene rings is 5. The minimum atomic E-state index is 0.882. The summed E-state index contributed by atoms with van der Waals surface area (Å²) in [4.78, 5) is 0. The third-order valence-electron chi connectivity index (χ3n) is 5.87. The molecule has 148 valence electrons. The first-order chi connectivity index (χ1) is 15.3. The van der Waals surface area contributed by atoms with Gasteiger partial charge in [0.05, 0.1) is 5.69 Å². The lowest BCUT2D eigenvalue weighted by Gasteiger charge is -2.07. The van der Waals surface area contributed by atoms with Gasteiger partial charge in [-0.2, -0.15) is 0 Å². The Kier molecular flexibility index (Phi) is 4.03. The second-order valence-electron chi connectivity index (χ2n) is 7.99. The smallest absolute Gasteiger partial charge is 0.158 e. The van der Waals surface area contributed by atoms with Crippen molar-refractivity contribution in [1.82, 2.24) is 0 Å². The number of aryl methyl sites for hydroxylation is 1. The van der Waals surface area contributed by atoms with E-state index < -0.39 is 0 Å². The maximum Gasteiger partial charge on any atom is 0.158 e. The molecule has 31 heavy (non-hydrogen) atoms. The zero-order valence-electron chi connectivity index (χ0n) is 17.2. The van der Waals surface area contributed by atoms with E-state index in [-0.39, 0.29) is 0 Å². The molecule has 0 saturated heterocycles. The molecule has 6 rings (SSSR count). The van der Waals surface area contributed by atoms with Gasteiger partial charge in [0.25, 0.3) is 0 Å². The lowest BCUT2D eigenvalue weighted by molar-refractivity contribution is 0.671. The molecular formula is C29H21NO. The van der Waals surface area contributed by atoms with Gasteiger partial charge in [0.15, 0.2) is 5.58 Å². The highest BCUT2D eigenvalue weighted by molar-refractivity contribution is 6.23. The second kappa shape index (κ2) is 7.03. The number of anilines is 2. The number of para-hydroxylation sites is 1. The van der Waals surface area contributed by atoms with Crippen molar-refractivity contribution in [2.24, 2.45) is 0 Å². The maximum absolute atomic E-state index is 6.62. The summed E-state index contributed by atoms with van der Waals surface area (Å²) in [5.41, 5.74) is 7.34. The third-order valence-corrected chi connectivity index (χ3v) is 5.87. The van der Waals surface area contributed by atoms with Crippen molar-refractivity contribution in [3.05, 3.63) is 109 Å². The molecule has 0 aliphatic carbocycles. The Morgan fingerprint density at radius 2 is 1.42 bits per heavy atom. The SMILES string of the molecule is Cc1cccc(Nc2cccc3c2oc2c(-c4ccccc4)cc4ccccc4c23)c1. The van der Waals surface area contributed by atoms with Gasteiger partial charge in [0.1, 0.15) is 5.58 Å². The van der Waals surface area contributed by atoms with Crippen molar-refractivity contribution in [3.8, 4) is 11.1 Å². The summed E-state index contributed by atoms with van der Waals surface area (Å²) in [6.45, 7) is 2.10. The van der Waals surface area contributed by atoms with Crippen molar-refractivity contribution in [2.75, 3.05) is 5.32 Å². The van der Waals surface area contributed by atoms with Crippen LogP contribution in [0.1, 0.15) is 5.56 Å². The van der Waals surface area contributed by atoms with Crippen LogP contribution in [0.2, 0.25) is 0 Å². The predicted octanol–water partition coefficient (Wildman–Crippen LogP) is 8.46. The maximum atomic E-state index is 6.62. The molecule has 5 aromatic carbocycles. The highest BCUT2D eigenvalue weighted by atomic mass is 16.3. The van der Waals surface area contributed by atoms with Crippen LogP contribution in [0.25, 0.3) is 43.8 Å². The van der Waals surface area contributed by atoms with Crippen molar-refractivity contribution >= 4 is 44.1 Å². The fourth-order valence-corrected chi connectivity index (χ4v) is 4.46. The Morgan fingerprint density at radius 3 is 2.29 bits per heavy atom. The molecule has 2 heteroatoms. The lowest BCUT2D eigenvalue weighted by atomic mass is 9.96. The Balaban J connectivity index is 1.68. The van der Waals surface area contributed by atoms with Gasteiger partial charge < -0.3 is 9.73 Å². The van der Waals surface area contributed by atoms with Gasteiger partial charge in [-0.25, -0.2) is 0 Å². The summed E-state index contributed by atoms with van der Waals surface area (Å²) in [6.07, 6.45) is 0. The standard InChI is InChI=1S/C29H21NO/c1-19-9-7-13-22(17-19)30-26-16-8-15-24-27-23-14-6-5-12-21(23)18-25(29(27)31-28(24)26)20-10-3-2-4-11-20/h2-18,30H,1H3. The molecule has 6 aromatic rings. The lowest BCUT2D eigenvalue weighted by Crippen LogP contribution is -1.90. The van der Waals surface area contributed by atoms with E-state index in [0.29, 0.717) is 0 Å². The first kappa shape index (κ1) is 17.8. The van der Waals surface area contributed by atoms with E-state index in [9.17, 15) is 0 Å². The number of fused-ring (bicyclic) bond motifs is 5. The van der Waals surface area contributed by atoms with Crippen LogP contribution in [0.15, 0.2) is 108 Å². The highest BCUT2D eigenvalue weighted by Crippen LogP contribution is 2.43. The van der Waals surface area contributed by atoms with Crippen molar-refractivity contribution in [3.63, 3.8) is 0 Å². The van der Waals surface area contributed by atoms with Gasteiger partial charge in [0, 0.05) is 22.0 Å². The Morgan fingerprint density at radius 1 is 0.645 bits per heavy atom. The summed E-state index contributed by atoms with van der Waals surface area (Å²) in [6, 6.07) is 36.0. The molecule has 0 radical (unpaired) electrons. The summed E-state index contributed by atoms with van der Waals surface area (Å²) in [7, 11) is 0. The minimum Gasteiger partial charge on any atom is -0.453 e. The fraction of sp³-hybridized carbons (Fsp3) is 0.0345. The van der Waals surface area contributed by atoms with Crippen molar-refractivity contribution < 1.29 is 4.42 Å². The molecule has 0 spiro atoms. The predicted molar refractivity (Wildman–Crippen MR) is 131 cm³/mol. The van der Waals surface area contributed by atoms with Gasteiger partial charge in [-0.1, -0.05) is 78.9 Å². The van der Waals surface area contributed by atoms with E-state index in [0.717, 1.165) is 39.1 Å². The van der Waals surface area contributed by atoms with Crippen molar-refractivity contribution in [1.29, 1.82) is 0 Å². The molecule has 0 amide bonds. The molecule has 2 nitrogen and oxygen atoms in total. The average Bonchev–Trinajstić information content (AvgIpc) is 3.20. The van der Waals surface area contributed by atoms with Crippen LogP contribution in [-0.2, 0) is 0 Å². The Hall–Kier alpha value is -4.04. The molecule has 1 aromatic heterocycles. The van der Waals surface area contributed by atoms with Gasteiger partial charge in [-0.15, -0.1) is 0 Å². The van der Waals surface area contributed by atoms with Crippen LogP contribution in [-0.4, -0.2) is 0 Å². The molecular weight excluding hydrogens is 378 g/mol. The number of nitrogens with one attached hydrogen (secondary N) is 1. The van der Waals surface area contributed by atoms with Crippen LogP contribution in [0.5, 0.6) is 0 Å². The molecule has 1 N–H and O–H groups in total. The zero-order valence-corrected chi connectivity index (χ0v) is 17.2. The number of rotatable bonds is 3. The Labute approximate surface area is 180 Å². The van der Waals surface area contributed by atoms with Crippen LogP contribution < -0.4 is 5.32 Å². The molecule has 0 unspecified atom stereocenters. The molecule has 0 aliphatic rings. The number of hydrogen-bond acceptors (Lipinski definition) is 2. The largest absolute Gasteiger partial charge is 0.453 e. The average molecular weight is 399 g/mol. The second-order valence-corrected chi connectivity index (χ2v) is 7.99. The normalized spacial score (nSPS) is 11.4. The van der Waals surface area contributed by atoms with Gasteiger partial charge in [-0.3, -0.25) is 0 Å². The van der Waals surface area contributed by atoms with E-state index in [2.05, 4.69) is 109 Å². The molecule has 0 atom stereocenters. The first-order valence-corrected chi connectivity index (χ1v) is 10.5. The molecule has 0 aliphatic heterocycles. The van der Waals surface area contributed by atoms with Gasteiger partial charge in [0.2, 0.25) is 0 Å². The van der Waals surface area contributed by atoms with Crippen LogP contribution in [0, 0.1) is 6.92 Å². The van der Waals surface area contributed by atoms with Crippen LogP contribution in [0.4, 0.5) is 11.4 Å². The van der Waals surface area contributed by atoms with E-state index in [1.165, 1.54) is 21.7 Å². The van der Waals surface area contributed by atoms with E-state index in [4.69, 9.17) is 4.42 Å². The Bertz CT molecular complexity index is 1560. The van der Waals surface area contributed by atoms with E-state index in [1.807, 2.05) is 6.07 Å². The molecule has 0 bridgehead atoms. The topological polar surface area (TPSA) is 25.2 Å².